The Morgan fingerprint density at radius 2 is 1.63 bits per heavy atom. The van der Waals surface area contributed by atoms with E-state index in [1.807, 2.05) is 6.92 Å². The number of sulfonamides is 1. The van der Waals surface area contributed by atoms with Crippen LogP contribution >= 0.6 is 0 Å². The van der Waals surface area contributed by atoms with E-state index in [-0.39, 0.29) is 33.2 Å². The van der Waals surface area contributed by atoms with Crippen LogP contribution in [-0.2, 0) is 32.4 Å². The SMILES string of the molecule is Cc1cnc(NS(=O)(=O)c2ccc(N)cc2)nc1.[Ag]. The molecule has 19 heavy (non-hydrogen) atoms. The standard InChI is InChI=1S/C11H12N4O2S.Ag/c1-8-6-13-11(14-7-8)15-18(16,17)10-4-2-9(12)3-5-10;/h2-7H,12H2,1H3,(H,13,14,15);. The molecule has 1 radical (unpaired) electrons. The molecule has 0 fully saturated rings. The molecule has 0 saturated carbocycles. The van der Waals surface area contributed by atoms with Crippen molar-refractivity contribution >= 4 is 21.7 Å². The largest absolute Gasteiger partial charge is 0.399 e. The van der Waals surface area contributed by atoms with Crippen molar-refractivity contribution in [3.63, 3.8) is 0 Å². The molecule has 2 aromatic rings. The number of aromatic nitrogens is 2. The zero-order valence-corrected chi connectivity index (χ0v) is 12.3. The van der Waals surface area contributed by atoms with Crippen LogP contribution in [0.5, 0.6) is 0 Å². The topological polar surface area (TPSA) is 98.0 Å². The van der Waals surface area contributed by atoms with E-state index in [0.29, 0.717) is 5.69 Å². The van der Waals surface area contributed by atoms with Crippen molar-refractivity contribution in [3.05, 3.63) is 42.2 Å². The summed E-state index contributed by atoms with van der Waals surface area (Å²) in [6.07, 6.45) is 3.07. The van der Waals surface area contributed by atoms with E-state index in [4.69, 9.17) is 5.73 Å². The van der Waals surface area contributed by atoms with Crippen LogP contribution in [0.2, 0.25) is 0 Å². The number of hydrogen-bond acceptors (Lipinski definition) is 5. The maximum Gasteiger partial charge on any atom is 0.264 e. The van der Waals surface area contributed by atoms with Gasteiger partial charge in [0.25, 0.3) is 10.0 Å². The summed E-state index contributed by atoms with van der Waals surface area (Å²) < 4.78 is 26.2. The summed E-state index contributed by atoms with van der Waals surface area (Å²) >= 11 is 0. The molecule has 0 saturated heterocycles. The molecule has 1 heterocycles. The zero-order valence-electron chi connectivity index (χ0n) is 9.96. The number of hydrogen-bond donors (Lipinski definition) is 2. The molecular weight excluding hydrogens is 360 g/mol. The molecule has 2 rings (SSSR count). The molecule has 1 aromatic carbocycles. The number of anilines is 2. The van der Waals surface area contributed by atoms with Crippen molar-refractivity contribution in [2.24, 2.45) is 0 Å². The Morgan fingerprint density at radius 1 is 1.11 bits per heavy atom. The Balaban J connectivity index is 0.00000180. The number of nitrogen functional groups attached to an aromatic ring is 1. The van der Waals surface area contributed by atoms with Gasteiger partial charge in [-0.2, -0.15) is 0 Å². The molecule has 0 spiro atoms. The van der Waals surface area contributed by atoms with Gasteiger partial charge in [0.2, 0.25) is 5.95 Å². The maximum atomic E-state index is 12.0. The molecule has 0 amide bonds. The molecule has 0 unspecified atom stereocenters. The Bertz CT molecular complexity index is 641. The van der Waals surface area contributed by atoms with Gasteiger partial charge < -0.3 is 5.73 Å². The minimum atomic E-state index is -3.67. The van der Waals surface area contributed by atoms with E-state index in [2.05, 4.69) is 14.7 Å². The Morgan fingerprint density at radius 3 is 2.16 bits per heavy atom. The van der Waals surface area contributed by atoms with Crippen molar-refractivity contribution in [1.82, 2.24) is 9.97 Å². The Labute approximate surface area is 127 Å². The van der Waals surface area contributed by atoms with Gasteiger partial charge in [0.05, 0.1) is 4.90 Å². The number of rotatable bonds is 3. The molecule has 0 aliphatic rings. The van der Waals surface area contributed by atoms with Crippen LogP contribution in [0.15, 0.2) is 41.6 Å². The second kappa shape index (κ2) is 6.16. The van der Waals surface area contributed by atoms with Crippen molar-refractivity contribution in [1.29, 1.82) is 0 Å². The van der Waals surface area contributed by atoms with Gasteiger partial charge in [-0.1, -0.05) is 0 Å². The first-order valence-corrected chi connectivity index (χ1v) is 6.63. The normalized spacial score (nSPS) is 10.6. The van der Waals surface area contributed by atoms with Crippen LogP contribution in [-0.4, -0.2) is 18.4 Å². The quantitative estimate of drug-likeness (QED) is 0.623. The van der Waals surface area contributed by atoms with Crippen molar-refractivity contribution in [2.75, 3.05) is 10.5 Å². The van der Waals surface area contributed by atoms with Crippen LogP contribution < -0.4 is 10.5 Å². The monoisotopic (exact) mass is 371 g/mol. The number of aryl methyl sites for hydroxylation is 1. The Hall–Kier alpha value is -1.41. The molecule has 0 atom stereocenters. The van der Waals surface area contributed by atoms with Gasteiger partial charge in [0.1, 0.15) is 0 Å². The van der Waals surface area contributed by atoms with Gasteiger partial charge in [-0.05, 0) is 36.8 Å². The van der Waals surface area contributed by atoms with E-state index in [0.717, 1.165) is 5.56 Å². The Kier molecular flexibility index (Phi) is 5.07. The summed E-state index contributed by atoms with van der Waals surface area (Å²) in [5.41, 5.74) is 6.85. The molecule has 6 nitrogen and oxygen atoms in total. The summed E-state index contributed by atoms with van der Waals surface area (Å²) in [6, 6.07) is 5.88. The number of nitrogens with two attached hydrogens (primary N) is 1. The second-order valence-corrected chi connectivity index (χ2v) is 5.44. The first kappa shape index (κ1) is 15.6. The fourth-order valence-corrected chi connectivity index (χ4v) is 2.23. The maximum absolute atomic E-state index is 12.0. The summed E-state index contributed by atoms with van der Waals surface area (Å²) in [5.74, 6) is 0.0393. The summed E-state index contributed by atoms with van der Waals surface area (Å²) in [5, 5.41) is 0. The summed E-state index contributed by atoms with van der Waals surface area (Å²) in [7, 11) is -3.67. The van der Waals surface area contributed by atoms with Gasteiger partial charge in [0.15, 0.2) is 0 Å². The third-order valence-electron chi connectivity index (χ3n) is 2.20. The predicted octanol–water partition coefficient (Wildman–Crippen LogP) is 1.17. The smallest absolute Gasteiger partial charge is 0.264 e. The molecule has 0 aliphatic carbocycles. The van der Waals surface area contributed by atoms with Crippen molar-refractivity contribution in [2.45, 2.75) is 11.8 Å². The molecule has 105 valence electrons. The molecule has 0 bridgehead atoms. The van der Waals surface area contributed by atoms with Gasteiger partial charge in [-0.25, -0.2) is 23.1 Å². The predicted molar refractivity (Wildman–Crippen MR) is 68.4 cm³/mol. The first-order valence-electron chi connectivity index (χ1n) is 5.14. The van der Waals surface area contributed by atoms with Crippen LogP contribution in [0.3, 0.4) is 0 Å². The average molecular weight is 372 g/mol. The average Bonchev–Trinajstić information content (AvgIpc) is 2.32. The molecule has 8 heteroatoms. The molecular formula is C11H12AgN4O2S. The minimum Gasteiger partial charge on any atom is -0.399 e. The van der Waals surface area contributed by atoms with E-state index in [1.165, 1.54) is 36.7 Å². The van der Waals surface area contributed by atoms with Crippen molar-refractivity contribution < 1.29 is 30.8 Å². The fourth-order valence-electron chi connectivity index (χ4n) is 1.27. The number of benzene rings is 1. The van der Waals surface area contributed by atoms with Crippen LogP contribution in [0.25, 0.3) is 0 Å². The number of nitrogens with zero attached hydrogens (tertiary/aromatic N) is 2. The van der Waals surface area contributed by atoms with Crippen LogP contribution in [0, 0.1) is 6.92 Å². The van der Waals surface area contributed by atoms with Gasteiger partial charge in [0, 0.05) is 40.5 Å². The molecule has 0 aliphatic heterocycles. The van der Waals surface area contributed by atoms with Gasteiger partial charge >= 0.3 is 0 Å². The van der Waals surface area contributed by atoms with E-state index in [1.54, 1.807) is 0 Å². The van der Waals surface area contributed by atoms with Crippen LogP contribution in [0.4, 0.5) is 11.6 Å². The van der Waals surface area contributed by atoms with Gasteiger partial charge in [-0.15, -0.1) is 0 Å². The third-order valence-corrected chi connectivity index (χ3v) is 3.54. The minimum absolute atomic E-state index is 0. The molecule has 3 N–H and O–H groups in total. The zero-order chi connectivity index (χ0) is 13.2. The fraction of sp³-hybridized carbons (Fsp3) is 0.0909. The second-order valence-electron chi connectivity index (χ2n) is 3.76. The third kappa shape index (κ3) is 4.03. The van der Waals surface area contributed by atoms with Crippen molar-refractivity contribution in [3.8, 4) is 0 Å². The van der Waals surface area contributed by atoms with Crippen LogP contribution in [0.1, 0.15) is 5.56 Å². The van der Waals surface area contributed by atoms with Gasteiger partial charge in [-0.3, -0.25) is 0 Å². The first-order chi connectivity index (χ1) is 8.47. The summed E-state index contributed by atoms with van der Waals surface area (Å²) in [4.78, 5) is 7.87. The van der Waals surface area contributed by atoms with E-state index in [9.17, 15) is 8.42 Å². The van der Waals surface area contributed by atoms with E-state index < -0.39 is 10.0 Å². The number of nitrogens with one attached hydrogen (secondary N) is 1. The van der Waals surface area contributed by atoms with E-state index >= 15 is 0 Å². The summed E-state index contributed by atoms with van der Waals surface area (Å²) in [6.45, 7) is 1.82. The molecule has 1 aromatic heterocycles.